The molecule has 2 amide bonds. The fourth-order valence-corrected chi connectivity index (χ4v) is 4.27. The van der Waals surface area contributed by atoms with Gasteiger partial charge in [0.2, 0.25) is 0 Å². The van der Waals surface area contributed by atoms with E-state index in [9.17, 15) is 9.59 Å². The molecule has 0 aromatic heterocycles. The third-order valence-corrected chi connectivity index (χ3v) is 5.61. The SMILES string of the molecule is NCCCN[C@@H]1CCCN(c2c(Cl)cccc2/C=C2\SC(=O)NC2=O)C1. The molecule has 0 bridgehead atoms. The molecule has 2 saturated heterocycles. The van der Waals surface area contributed by atoms with Crippen molar-refractivity contribution >= 4 is 46.3 Å². The molecule has 0 radical (unpaired) electrons. The highest BCUT2D eigenvalue weighted by Crippen LogP contribution is 2.35. The van der Waals surface area contributed by atoms with E-state index >= 15 is 0 Å². The van der Waals surface area contributed by atoms with E-state index in [4.69, 9.17) is 17.3 Å². The Kier molecular flexibility index (Phi) is 6.58. The summed E-state index contributed by atoms with van der Waals surface area (Å²) in [6.45, 7) is 3.35. The van der Waals surface area contributed by atoms with E-state index in [1.165, 1.54) is 0 Å². The highest BCUT2D eigenvalue weighted by molar-refractivity contribution is 8.18. The van der Waals surface area contributed by atoms with Crippen molar-refractivity contribution in [3.63, 3.8) is 0 Å². The number of carbonyl (C=O) groups is 2. The molecule has 140 valence electrons. The number of hydrogen-bond acceptors (Lipinski definition) is 6. The lowest BCUT2D eigenvalue weighted by Crippen LogP contribution is -2.46. The minimum Gasteiger partial charge on any atom is -0.368 e. The number of nitrogens with zero attached hydrogens (tertiary/aromatic N) is 1. The predicted octanol–water partition coefficient (Wildman–Crippen LogP) is 2.57. The first-order chi connectivity index (χ1) is 12.6. The van der Waals surface area contributed by atoms with Crippen LogP contribution in [0.25, 0.3) is 6.08 Å². The molecule has 1 aromatic rings. The summed E-state index contributed by atoms with van der Waals surface area (Å²) in [6, 6.07) is 6.03. The molecule has 2 aliphatic rings. The Bertz CT molecular complexity index is 725. The van der Waals surface area contributed by atoms with Crippen molar-refractivity contribution in [2.75, 3.05) is 31.1 Å². The minimum absolute atomic E-state index is 0.341. The van der Waals surface area contributed by atoms with Gasteiger partial charge in [0.25, 0.3) is 11.1 Å². The number of rotatable bonds is 6. The van der Waals surface area contributed by atoms with Crippen LogP contribution in [0.2, 0.25) is 5.02 Å². The standard InChI is InChI=1S/C18H23ClN4O2S/c19-14-6-1-4-12(10-15-17(24)22-18(25)26-15)16(14)23-9-2-5-13(11-23)21-8-3-7-20/h1,4,6,10,13,21H,2-3,5,7-9,11,20H2,(H,22,24,25)/b15-10-/t13-/m1/s1. The number of benzene rings is 1. The normalized spacial score (nSPS) is 22.2. The molecule has 2 heterocycles. The van der Waals surface area contributed by atoms with E-state index in [1.54, 1.807) is 6.08 Å². The summed E-state index contributed by atoms with van der Waals surface area (Å²) in [5, 5.41) is 6.15. The molecule has 3 rings (SSSR count). The van der Waals surface area contributed by atoms with Crippen molar-refractivity contribution in [1.82, 2.24) is 10.6 Å². The zero-order valence-electron chi connectivity index (χ0n) is 14.5. The molecule has 0 unspecified atom stereocenters. The summed E-state index contributed by atoms with van der Waals surface area (Å²) in [6.07, 6.45) is 4.89. The van der Waals surface area contributed by atoms with Gasteiger partial charge < -0.3 is 16.0 Å². The number of nitrogens with one attached hydrogen (secondary N) is 2. The molecular formula is C18H23ClN4O2S. The van der Waals surface area contributed by atoms with E-state index < -0.39 is 0 Å². The number of imide groups is 1. The number of halogens is 1. The van der Waals surface area contributed by atoms with Crippen LogP contribution in [-0.4, -0.2) is 43.4 Å². The Morgan fingerprint density at radius 3 is 3.00 bits per heavy atom. The molecular weight excluding hydrogens is 372 g/mol. The number of carbonyl (C=O) groups excluding carboxylic acids is 2. The largest absolute Gasteiger partial charge is 0.368 e. The molecule has 0 aliphatic carbocycles. The Hall–Kier alpha value is -1.54. The summed E-state index contributed by atoms with van der Waals surface area (Å²) in [5.74, 6) is -0.356. The summed E-state index contributed by atoms with van der Waals surface area (Å²) in [7, 11) is 0. The zero-order valence-corrected chi connectivity index (χ0v) is 16.0. The van der Waals surface area contributed by atoms with Crippen LogP contribution in [-0.2, 0) is 4.79 Å². The highest BCUT2D eigenvalue weighted by atomic mass is 35.5. The first kappa shape index (κ1) is 19.2. The summed E-state index contributed by atoms with van der Waals surface area (Å²) in [5.41, 5.74) is 7.34. The lowest BCUT2D eigenvalue weighted by atomic mass is 10.0. The van der Waals surface area contributed by atoms with E-state index in [2.05, 4.69) is 15.5 Å². The van der Waals surface area contributed by atoms with Crippen LogP contribution in [0, 0.1) is 0 Å². The van der Waals surface area contributed by atoms with Crippen molar-refractivity contribution in [3.8, 4) is 0 Å². The number of hydrogen-bond donors (Lipinski definition) is 3. The lowest BCUT2D eigenvalue weighted by molar-refractivity contribution is -0.115. The molecule has 1 aromatic carbocycles. The van der Waals surface area contributed by atoms with Crippen LogP contribution in [0.4, 0.5) is 10.5 Å². The van der Waals surface area contributed by atoms with Crippen molar-refractivity contribution in [3.05, 3.63) is 33.7 Å². The van der Waals surface area contributed by atoms with Gasteiger partial charge in [-0.3, -0.25) is 14.9 Å². The van der Waals surface area contributed by atoms with E-state index in [-0.39, 0.29) is 11.1 Å². The maximum absolute atomic E-state index is 11.9. The zero-order chi connectivity index (χ0) is 18.5. The highest BCUT2D eigenvalue weighted by Gasteiger charge is 2.27. The summed E-state index contributed by atoms with van der Waals surface area (Å²) < 4.78 is 0. The molecule has 2 aliphatic heterocycles. The molecule has 4 N–H and O–H groups in total. The summed E-state index contributed by atoms with van der Waals surface area (Å²) in [4.78, 5) is 25.9. The average molecular weight is 395 g/mol. The number of thioether (sulfide) groups is 1. The van der Waals surface area contributed by atoms with Crippen molar-refractivity contribution in [2.45, 2.75) is 25.3 Å². The van der Waals surface area contributed by atoms with Crippen LogP contribution in [0.1, 0.15) is 24.8 Å². The quantitative estimate of drug-likeness (QED) is 0.507. The fraction of sp³-hybridized carbons (Fsp3) is 0.444. The lowest BCUT2D eigenvalue weighted by Gasteiger charge is -2.36. The smallest absolute Gasteiger partial charge is 0.290 e. The molecule has 0 saturated carbocycles. The van der Waals surface area contributed by atoms with Crippen molar-refractivity contribution < 1.29 is 9.59 Å². The van der Waals surface area contributed by atoms with Crippen LogP contribution in [0.15, 0.2) is 23.1 Å². The monoisotopic (exact) mass is 394 g/mol. The van der Waals surface area contributed by atoms with Gasteiger partial charge in [-0.2, -0.15) is 0 Å². The summed E-state index contributed by atoms with van der Waals surface area (Å²) >= 11 is 7.43. The second-order valence-electron chi connectivity index (χ2n) is 6.41. The average Bonchev–Trinajstić information content (AvgIpc) is 2.93. The molecule has 1 atom stereocenters. The number of anilines is 1. The van der Waals surface area contributed by atoms with Gasteiger partial charge in [-0.25, -0.2) is 0 Å². The first-order valence-corrected chi connectivity index (χ1v) is 9.99. The van der Waals surface area contributed by atoms with Crippen LogP contribution < -0.4 is 21.3 Å². The number of amides is 2. The molecule has 0 spiro atoms. The Labute approximate surface area is 162 Å². The van der Waals surface area contributed by atoms with Crippen LogP contribution >= 0.6 is 23.4 Å². The molecule has 2 fully saturated rings. The maximum Gasteiger partial charge on any atom is 0.290 e. The van der Waals surface area contributed by atoms with Gasteiger partial charge in [-0.1, -0.05) is 23.7 Å². The topological polar surface area (TPSA) is 87.5 Å². The predicted molar refractivity (Wildman–Crippen MR) is 107 cm³/mol. The first-order valence-electron chi connectivity index (χ1n) is 8.80. The van der Waals surface area contributed by atoms with E-state index in [0.717, 1.165) is 61.9 Å². The van der Waals surface area contributed by atoms with Gasteiger partial charge in [-0.05, 0) is 56.3 Å². The van der Waals surface area contributed by atoms with Gasteiger partial charge in [0, 0.05) is 24.7 Å². The van der Waals surface area contributed by atoms with Gasteiger partial charge in [0.1, 0.15) is 0 Å². The van der Waals surface area contributed by atoms with Crippen molar-refractivity contribution in [2.24, 2.45) is 5.73 Å². The van der Waals surface area contributed by atoms with Gasteiger partial charge in [0.15, 0.2) is 0 Å². The minimum atomic E-state index is -0.356. The molecule has 8 heteroatoms. The number of piperidine rings is 1. The van der Waals surface area contributed by atoms with E-state index in [0.29, 0.717) is 22.5 Å². The molecule has 26 heavy (non-hydrogen) atoms. The van der Waals surface area contributed by atoms with Gasteiger partial charge in [-0.15, -0.1) is 0 Å². The van der Waals surface area contributed by atoms with Gasteiger partial charge in [0.05, 0.1) is 15.6 Å². The van der Waals surface area contributed by atoms with Crippen LogP contribution in [0.3, 0.4) is 0 Å². The number of para-hydroxylation sites is 1. The second-order valence-corrected chi connectivity index (χ2v) is 7.83. The number of nitrogens with two attached hydrogens (primary N) is 1. The van der Waals surface area contributed by atoms with Crippen LogP contribution in [0.5, 0.6) is 0 Å². The van der Waals surface area contributed by atoms with E-state index in [1.807, 2.05) is 18.2 Å². The van der Waals surface area contributed by atoms with Gasteiger partial charge >= 0.3 is 0 Å². The third kappa shape index (κ3) is 4.59. The maximum atomic E-state index is 11.9. The third-order valence-electron chi connectivity index (χ3n) is 4.50. The second kappa shape index (κ2) is 8.90. The molecule has 6 nitrogen and oxygen atoms in total. The Balaban J connectivity index is 1.82. The fourth-order valence-electron chi connectivity index (χ4n) is 3.30. The van der Waals surface area contributed by atoms with Crippen molar-refractivity contribution in [1.29, 1.82) is 0 Å². The Morgan fingerprint density at radius 2 is 2.27 bits per heavy atom. The Morgan fingerprint density at radius 1 is 1.42 bits per heavy atom.